The molecule has 0 saturated heterocycles. The molecule has 1 aliphatic rings. The molecule has 2 aromatic rings. The number of anilines is 1. The molecule has 0 radical (unpaired) electrons. The Kier molecular flexibility index (Phi) is 6.68. The van der Waals surface area contributed by atoms with Gasteiger partial charge in [-0.1, -0.05) is 38.2 Å². The summed E-state index contributed by atoms with van der Waals surface area (Å²) in [5.41, 5.74) is 7.83. The average molecular weight is 383 g/mol. The number of nitrogens with two attached hydrogens (primary N) is 1. The summed E-state index contributed by atoms with van der Waals surface area (Å²) in [7, 11) is 0. The van der Waals surface area contributed by atoms with Gasteiger partial charge in [0.2, 0.25) is 5.91 Å². The zero-order chi connectivity index (χ0) is 19.9. The molecule has 1 aliphatic carbocycles. The molecule has 2 heterocycles. The fourth-order valence-electron chi connectivity index (χ4n) is 3.76. The second-order valence-corrected chi connectivity index (χ2v) is 7.61. The van der Waals surface area contributed by atoms with E-state index in [9.17, 15) is 9.59 Å². The number of carbonyl (C=O) groups is 2. The molecule has 0 bridgehead atoms. The number of carbonyl (C=O) groups excluding carboxylic acids is 2. The Hall–Kier alpha value is -2.83. The van der Waals surface area contributed by atoms with Gasteiger partial charge in [0.1, 0.15) is 17.6 Å². The van der Waals surface area contributed by atoms with Gasteiger partial charge >= 0.3 is 0 Å². The molecule has 0 spiro atoms. The van der Waals surface area contributed by atoms with Crippen molar-refractivity contribution >= 4 is 17.6 Å². The van der Waals surface area contributed by atoms with Crippen LogP contribution in [0.5, 0.6) is 0 Å². The van der Waals surface area contributed by atoms with Crippen LogP contribution >= 0.6 is 0 Å². The van der Waals surface area contributed by atoms with E-state index in [-0.39, 0.29) is 11.8 Å². The fourth-order valence-corrected chi connectivity index (χ4v) is 3.76. The first-order chi connectivity index (χ1) is 13.5. The van der Waals surface area contributed by atoms with Gasteiger partial charge < -0.3 is 21.4 Å². The van der Waals surface area contributed by atoms with Gasteiger partial charge in [-0.05, 0) is 42.5 Å². The van der Waals surface area contributed by atoms with Gasteiger partial charge in [-0.2, -0.15) is 0 Å². The Balaban J connectivity index is 1.65. The Morgan fingerprint density at radius 3 is 2.68 bits per heavy atom. The number of hydrogen-bond donors (Lipinski definition) is 4. The van der Waals surface area contributed by atoms with Gasteiger partial charge in [-0.3, -0.25) is 9.59 Å². The van der Waals surface area contributed by atoms with Crippen molar-refractivity contribution in [3.63, 3.8) is 0 Å². The predicted molar refractivity (Wildman–Crippen MR) is 108 cm³/mol. The van der Waals surface area contributed by atoms with Crippen LogP contribution in [0, 0.1) is 12.8 Å². The topological polar surface area (TPSA) is 113 Å². The normalized spacial score (nSPS) is 15.8. The van der Waals surface area contributed by atoms with Crippen LogP contribution in [0.15, 0.2) is 30.6 Å². The summed E-state index contributed by atoms with van der Waals surface area (Å²) in [6, 6.07) is 4.83. The molecule has 7 heteroatoms. The van der Waals surface area contributed by atoms with Gasteiger partial charge in [0.15, 0.2) is 0 Å². The highest BCUT2D eigenvalue weighted by atomic mass is 16.2. The summed E-state index contributed by atoms with van der Waals surface area (Å²) in [5, 5.41) is 5.86. The third-order valence-corrected chi connectivity index (χ3v) is 5.41. The largest absolute Gasteiger partial charge is 0.384 e. The summed E-state index contributed by atoms with van der Waals surface area (Å²) >= 11 is 0. The molecule has 150 valence electrons. The molecule has 0 unspecified atom stereocenters. The van der Waals surface area contributed by atoms with Crippen LogP contribution in [0.25, 0.3) is 0 Å². The van der Waals surface area contributed by atoms with E-state index in [4.69, 9.17) is 5.73 Å². The van der Waals surface area contributed by atoms with E-state index in [1.54, 1.807) is 18.5 Å². The van der Waals surface area contributed by atoms with Crippen LogP contribution in [-0.4, -0.2) is 27.8 Å². The number of rotatable bonds is 7. The Morgan fingerprint density at radius 2 is 2.04 bits per heavy atom. The van der Waals surface area contributed by atoms with Crippen LogP contribution in [-0.2, 0) is 11.3 Å². The smallest absolute Gasteiger partial charge is 0.268 e. The van der Waals surface area contributed by atoms with Gasteiger partial charge in [-0.25, -0.2) is 4.98 Å². The highest BCUT2D eigenvalue weighted by Crippen LogP contribution is 2.27. The maximum atomic E-state index is 12.9. The first kappa shape index (κ1) is 19.9. The first-order valence-corrected chi connectivity index (χ1v) is 9.96. The molecular formula is C21H29N5O2. The van der Waals surface area contributed by atoms with Crippen LogP contribution in [0.3, 0.4) is 0 Å². The molecule has 28 heavy (non-hydrogen) atoms. The molecule has 1 fully saturated rings. The fraction of sp³-hybridized carbons (Fsp3) is 0.476. The van der Waals surface area contributed by atoms with Crippen LogP contribution in [0.4, 0.5) is 5.82 Å². The lowest BCUT2D eigenvalue weighted by Gasteiger charge is -2.26. The number of H-pyrrole nitrogens is 1. The second kappa shape index (κ2) is 9.39. The number of aromatic nitrogens is 2. The molecule has 0 aliphatic heterocycles. The number of nitrogens with zero attached hydrogens (tertiary/aromatic N) is 1. The van der Waals surface area contributed by atoms with E-state index >= 15 is 0 Å². The molecule has 2 aromatic heterocycles. The number of aromatic amines is 1. The van der Waals surface area contributed by atoms with E-state index in [2.05, 4.69) is 20.6 Å². The minimum absolute atomic E-state index is 0.167. The van der Waals surface area contributed by atoms with Gasteiger partial charge in [0.05, 0.1) is 0 Å². The van der Waals surface area contributed by atoms with Gasteiger partial charge in [-0.15, -0.1) is 0 Å². The zero-order valence-corrected chi connectivity index (χ0v) is 16.3. The number of pyridine rings is 1. The van der Waals surface area contributed by atoms with Crippen molar-refractivity contribution in [2.45, 2.75) is 58.0 Å². The Labute approximate surface area is 165 Å². The molecule has 0 aromatic carbocycles. The molecule has 2 amide bonds. The average Bonchev–Trinajstić information content (AvgIpc) is 3.13. The van der Waals surface area contributed by atoms with E-state index in [1.165, 1.54) is 19.3 Å². The summed E-state index contributed by atoms with van der Waals surface area (Å²) in [6.45, 7) is 2.22. The number of aryl methyl sites for hydroxylation is 1. The maximum absolute atomic E-state index is 12.9. The Bertz CT molecular complexity index is 793. The molecule has 7 nitrogen and oxygen atoms in total. The van der Waals surface area contributed by atoms with Crippen LogP contribution in [0.1, 0.15) is 60.1 Å². The van der Waals surface area contributed by atoms with E-state index in [1.807, 2.05) is 19.1 Å². The standard InChI is InChI=1S/C21H29N5O2/c1-14-9-10-23-19(14)21(28)26-17(11-15-5-3-2-4-6-15)20(27)25-13-16-7-8-18(22)24-12-16/h7-10,12,15,17,23H,2-6,11,13H2,1H3,(H2,22,24)(H,25,27)(H,26,28)/t17-/m0/s1. The number of nitrogens with one attached hydrogen (secondary N) is 3. The van der Waals surface area contributed by atoms with Crippen molar-refractivity contribution in [3.8, 4) is 0 Å². The summed E-state index contributed by atoms with van der Waals surface area (Å²) < 4.78 is 0. The number of nitrogen functional groups attached to an aromatic ring is 1. The van der Waals surface area contributed by atoms with Crippen molar-refractivity contribution in [3.05, 3.63) is 47.4 Å². The zero-order valence-electron chi connectivity index (χ0n) is 16.3. The molecule has 1 saturated carbocycles. The van der Waals surface area contributed by atoms with E-state index in [0.717, 1.165) is 24.0 Å². The molecule has 3 rings (SSSR count). The minimum Gasteiger partial charge on any atom is -0.384 e. The molecular weight excluding hydrogens is 354 g/mol. The highest BCUT2D eigenvalue weighted by Gasteiger charge is 2.26. The Morgan fingerprint density at radius 1 is 1.25 bits per heavy atom. The van der Waals surface area contributed by atoms with Gasteiger partial charge in [0.25, 0.3) is 5.91 Å². The number of hydrogen-bond acceptors (Lipinski definition) is 4. The highest BCUT2D eigenvalue weighted by molar-refractivity contribution is 5.97. The third-order valence-electron chi connectivity index (χ3n) is 5.41. The molecule has 5 N–H and O–H groups in total. The quantitative estimate of drug-likeness (QED) is 0.589. The SMILES string of the molecule is Cc1cc[nH]c1C(=O)N[C@@H](CC1CCCCC1)C(=O)NCc1ccc(N)nc1. The summed E-state index contributed by atoms with van der Waals surface area (Å²) in [4.78, 5) is 32.5. The monoisotopic (exact) mass is 383 g/mol. The second-order valence-electron chi connectivity index (χ2n) is 7.61. The van der Waals surface area contributed by atoms with Crippen molar-refractivity contribution < 1.29 is 9.59 Å². The molecule has 1 atom stereocenters. The predicted octanol–water partition coefficient (Wildman–Crippen LogP) is 2.69. The lowest BCUT2D eigenvalue weighted by molar-refractivity contribution is -0.123. The lowest BCUT2D eigenvalue weighted by Crippen LogP contribution is -2.47. The van der Waals surface area contributed by atoms with Crippen molar-refractivity contribution in [2.24, 2.45) is 5.92 Å². The van der Waals surface area contributed by atoms with Crippen LogP contribution < -0.4 is 16.4 Å². The third kappa shape index (κ3) is 5.34. The van der Waals surface area contributed by atoms with Crippen LogP contribution in [0.2, 0.25) is 0 Å². The maximum Gasteiger partial charge on any atom is 0.268 e. The minimum atomic E-state index is -0.556. The lowest BCUT2D eigenvalue weighted by atomic mass is 9.84. The van der Waals surface area contributed by atoms with Gasteiger partial charge in [0, 0.05) is 18.9 Å². The number of amides is 2. The van der Waals surface area contributed by atoms with E-state index in [0.29, 0.717) is 30.4 Å². The van der Waals surface area contributed by atoms with Crippen molar-refractivity contribution in [1.29, 1.82) is 0 Å². The van der Waals surface area contributed by atoms with E-state index < -0.39 is 6.04 Å². The summed E-state index contributed by atoms with van der Waals surface area (Å²) in [5.74, 6) is 0.499. The first-order valence-electron chi connectivity index (χ1n) is 9.96. The summed E-state index contributed by atoms with van der Waals surface area (Å²) in [6.07, 6.45) is 9.91. The van der Waals surface area contributed by atoms with Crippen molar-refractivity contribution in [2.75, 3.05) is 5.73 Å². The van der Waals surface area contributed by atoms with Crippen molar-refractivity contribution in [1.82, 2.24) is 20.6 Å².